The lowest BCUT2D eigenvalue weighted by Crippen LogP contribution is -2.10. The lowest BCUT2D eigenvalue weighted by atomic mass is 10.2. The van der Waals surface area contributed by atoms with Crippen LogP contribution in [-0.4, -0.2) is 5.91 Å². The highest BCUT2D eigenvalue weighted by molar-refractivity contribution is 7.27. The van der Waals surface area contributed by atoms with Crippen molar-refractivity contribution in [3.8, 4) is 6.07 Å². The van der Waals surface area contributed by atoms with E-state index in [2.05, 4.69) is 5.32 Å². The molecule has 0 fully saturated rings. The number of carbonyl (C=O) groups excluding carboxylic acids is 1. The molecule has 6 heteroatoms. The first kappa shape index (κ1) is 13.1. The molecular weight excluding hydrogens is 312 g/mol. The normalized spacial score (nSPS) is 10.4. The maximum Gasteiger partial charge on any atom is 0.265 e. The van der Waals surface area contributed by atoms with Gasteiger partial charge in [-0.1, -0.05) is 11.6 Å². The molecule has 1 amide bonds. The van der Waals surface area contributed by atoms with Crippen molar-refractivity contribution in [1.29, 1.82) is 5.26 Å². The third-order valence-corrected chi connectivity index (χ3v) is 5.13. The molecule has 2 heterocycles. The average Bonchev–Trinajstić information content (AvgIpc) is 3.02. The molecule has 3 aromatic rings. The molecule has 0 radical (unpaired) electrons. The van der Waals surface area contributed by atoms with Gasteiger partial charge in [-0.15, -0.1) is 22.7 Å². The van der Waals surface area contributed by atoms with E-state index >= 15 is 0 Å². The zero-order valence-corrected chi connectivity index (χ0v) is 12.4. The van der Waals surface area contributed by atoms with Gasteiger partial charge in [0.1, 0.15) is 0 Å². The second-order valence-electron chi connectivity index (χ2n) is 4.02. The second kappa shape index (κ2) is 5.25. The van der Waals surface area contributed by atoms with Crippen LogP contribution in [0.5, 0.6) is 0 Å². The highest BCUT2D eigenvalue weighted by atomic mass is 35.5. The minimum absolute atomic E-state index is 0.213. The molecule has 0 atom stereocenters. The fourth-order valence-electron chi connectivity index (χ4n) is 1.75. The number of fused-ring (bicyclic) bond motifs is 1. The van der Waals surface area contributed by atoms with Gasteiger partial charge in [-0.05, 0) is 35.7 Å². The Morgan fingerprint density at radius 3 is 2.85 bits per heavy atom. The Labute approximate surface area is 128 Å². The van der Waals surface area contributed by atoms with Crippen molar-refractivity contribution in [2.75, 3.05) is 5.32 Å². The zero-order valence-electron chi connectivity index (χ0n) is 10.0. The molecule has 0 bridgehead atoms. The number of thiophene rings is 2. The molecule has 0 aliphatic carbocycles. The summed E-state index contributed by atoms with van der Waals surface area (Å²) in [5.74, 6) is -0.213. The van der Waals surface area contributed by atoms with Crippen molar-refractivity contribution < 1.29 is 4.79 Å². The van der Waals surface area contributed by atoms with E-state index in [0.29, 0.717) is 21.2 Å². The van der Waals surface area contributed by atoms with Crippen LogP contribution in [0.2, 0.25) is 5.02 Å². The molecule has 0 aliphatic rings. The molecule has 0 unspecified atom stereocenters. The Morgan fingerprint density at radius 2 is 2.10 bits per heavy atom. The summed E-state index contributed by atoms with van der Waals surface area (Å²) in [6.45, 7) is 0. The minimum atomic E-state index is -0.213. The standard InChI is InChI=1S/C14H7ClN2OS2/c15-9-2-1-8(7-16)5-10(9)17-14(18)13-6-12-11(20-13)3-4-19-12/h1-6H,(H,17,18). The number of rotatable bonds is 2. The summed E-state index contributed by atoms with van der Waals surface area (Å²) in [6.07, 6.45) is 0. The van der Waals surface area contributed by atoms with Crippen molar-refractivity contribution >= 4 is 55.3 Å². The Balaban J connectivity index is 1.89. The molecular formula is C14H7ClN2OS2. The van der Waals surface area contributed by atoms with E-state index in [1.54, 1.807) is 29.5 Å². The Kier molecular flexibility index (Phi) is 3.45. The lowest BCUT2D eigenvalue weighted by Gasteiger charge is -2.06. The number of hydrogen-bond donors (Lipinski definition) is 1. The van der Waals surface area contributed by atoms with Gasteiger partial charge in [-0.25, -0.2) is 0 Å². The van der Waals surface area contributed by atoms with Gasteiger partial charge in [0.05, 0.1) is 27.2 Å². The molecule has 0 spiro atoms. The number of carbonyl (C=O) groups is 1. The van der Waals surface area contributed by atoms with E-state index in [-0.39, 0.29) is 5.91 Å². The van der Waals surface area contributed by atoms with E-state index in [0.717, 1.165) is 9.40 Å². The van der Waals surface area contributed by atoms with Crippen LogP contribution in [0.3, 0.4) is 0 Å². The number of hydrogen-bond acceptors (Lipinski definition) is 4. The summed E-state index contributed by atoms with van der Waals surface area (Å²) in [6, 6.07) is 10.6. The minimum Gasteiger partial charge on any atom is -0.320 e. The first-order valence-electron chi connectivity index (χ1n) is 5.65. The Bertz CT molecular complexity index is 816. The topological polar surface area (TPSA) is 52.9 Å². The van der Waals surface area contributed by atoms with Gasteiger partial charge in [0.25, 0.3) is 5.91 Å². The van der Waals surface area contributed by atoms with E-state index in [1.807, 2.05) is 23.6 Å². The third kappa shape index (κ3) is 2.41. The van der Waals surface area contributed by atoms with Crippen molar-refractivity contribution in [2.45, 2.75) is 0 Å². The number of amides is 1. The monoisotopic (exact) mass is 318 g/mol. The number of nitrogens with one attached hydrogen (secondary N) is 1. The lowest BCUT2D eigenvalue weighted by molar-refractivity contribution is 0.103. The summed E-state index contributed by atoms with van der Waals surface area (Å²) < 4.78 is 2.19. The summed E-state index contributed by atoms with van der Waals surface area (Å²) in [7, 11) is 0. The molecule has 0 saturated heterocycles. The van der Waals surface area contributed by atoms with Crippen LogP contribution in [0.25, 0.3) is 9.40 Å². The molecule has 20 heavy (non-hydrogen) atoms. The number of halogens is 1. The number of nitrogens with zero attached hydrogens (tertiary/aromatic N) is 1. The van der Waals surface area contributed by atoms with Gasteiger partial charge >= 0.3 is 0 Å². The van der Waals surface area contributed by atoms with Crippen LogP contribution in [0, 0.1) is 11.3 Å². The largest absolute Gasteiger partial charge is 0.320 e. The SMILES string of the molecule is N#Cc1ccc(Cl)c(NC(=O)c2cc3sccc3s2)c1. The van der Waals surface area contributed by atoms with Crippen LogP contribution >= 0.6 is 34.3 Å². The fraction of sp³-hybridized carbons (Fsp3) is 0. The van der Waals surface area contributed by atoms with Gasteiger partial charge in [-0.3, -0.25) is 4.79 Å². The van der Waals surface area contributed by atoms with Crippen LogP contribution in [0.15, 0.2) is 35.7 Å². The molecule has 0 aliphatic heterocycles. The van der Waals surface area contributed by atoms with Crippen LogP contribution in [-0.2, 0) is 0 Å². The Morgan fingerprint density at radius 1 is 1.25 bits per heavy atom. The molecule has 1 N–H and O–H groups in total. The first-order chi connectivity index (χ1) is 9.67. The molecule has 2 aromatic heterocycles. The summed E-state index contributed by atoms with van der Waals surface area (Å²) in [5.41, 5.74) is 0.907. The predicted octanol–water partition coefficient (Wildman–Crippen LogP) is 4.74. The molecule has 3 rings (SSSR count). The molecule has 1 aromatic carbocycles. The maximum absolute atomic E-state index is 12.2. The van der Waals surface area contributed by atoms with Crippen molar-refractivity contribution in [3.05, 3.63) is 51.2 Å². The van der Waals surface area contributed by atoms with Crippen molar-refractivity contribution in [1.82, 2.24) is 0 Å². The van der Waals surface area contributed by atoms with E-state index in [9.17, 15) is 4.79 Å². The van der Waals surface area contributed by atoms with Crippen molar-refractivity contribution in [3.63, 3.8) is 0 Å². The Hall–Kier alpha value is -1.87. The predicted molar refractivity (Wildman–Crippen MR) is 83.8 cm³/mol. The average molecular weight is 319 g/mol. The number of nitriles is 1. The van der Waals surface area contributed by atoms with E-state index in [1.165, 1.54) is 11.3 Å². The summed E-state index contributed by atoms with van der Waals surface area (Å²) in [4.78, 5) is 12.8. The molecule has 98 valence electrons. The third-order valence-electron chi connectivity index (χ3n) is 2.71. The van der Waals surface area contributed by atoms with E-state index in [4.69, 9.17) is 16.9 Å². The quantitative estimate of drug-likeness (QED) is 0.742. The highest BCUT2D eigenvalue weighted by Gasteiger charge is 2.13. The first-order valence-corrected chi connectivity index (χ1v) is 7.73. The van der Waals surface area contributed by atoms with Gasteiger partial charge in [0, 0.05) is 9.40 Å². The van der Waals surface area contributed by atoms with Crippen LogP contribution in [0.4, 0.5) is 5.69 Å². The number of anilines is 1. The molecule has 0 saturated carbocycles. The maximum atomic E-state index is 12.2. The zero-order chi connectivity index (χ0) is 14.1. The van der Waals surface area contributed by atoms with Gasteiger partial charge in [0.2, 0.25) is 0 Å². The van der Waals surface area contributed by atoms with E-state index < -0.39 is 0 Å². The smallest absolute Gasteiger partial charge is 0.265 e. The number of benzene rings is 1. The summed E-state index contributed by atoms with van der Waals surface area (Å²) in [5, 5.41) is 14.0. The second-order valence-corrected chi connectivity index (χ2v) is 6.46. The highest BCUT2D eigenvalue weighted by Crippen LogP contribution is 2.31. The van der Waals surface area contributed by atoms with Crippen LogP contribution < -0.4 is 5.32 Å². The van der Waals surface area contributed by atoms with Crippen LogP contribution in [0.1, 0.15) is 15.2 Å². The molecule has 3 nitrogen and oxygen atoms in total. The van der Waals surface area contributed by atoms with Gasteiger partial charge in [-0.2, -0.15) is 5.26 Å². The van der Waals surface area contributed by atoms with Gasteiger partial charge in [0.15, 0.2) is 0 Å². The van der Waals surface area contributed by atoms with Crippen molar-refractivity contribution in [2.24, 2.45) is 0 Å². The summed E-state index contributed by atoms with van der Waals surface area (Å²) >= 11 is 9.06. The van der Waals surface area contributed by atoms with Gasteiger partial charge < -0.3 is 5.32 Å². The fourth-order valence-corrected chi connectivity index (χ4v) is 3.92.